The average Bonchev–Trinajstić information content (AvgIpc) is 2.93. The first-order chi connectivity index (χ1) is 12.3. The van der Waals surface area contributed by atoms with Crippen LogP contribution in [0.1, 0.15) is 37.1 Å². The van der Waals surface area contributed by atoms with Gasteiger partial charge in [0.25, 0.3) is 0 Å². The van der Waals surface area contributed by atoms with Crippen LogP contribution in [0.15, 0.2) is 18.5 Å². The number of nitriles is 1. The zero-order valence-corrected chi connectivity index (χ0v) is 14.8. The van der Waals surface area contributed by atoms with Gasteiger partial charge in [-0.1, -0.05) is 13.8 Å². The van der Waals surface area contributed by atoms with Gasteiger partial charge in [-0.3, -0.25) is 0 Å². The molecule has 3 heterocycles. The molecule has 0 unspecified atom stereocenters. The van der Waals surface area contributed by atoms with Crippen LogP contribution in [0.4, 0.5) is 11.8 Å². The quantitative estimate of drug-likeness (QED) is 0.843. The fourth-order valence-electron chi connectivity index (χ4n) is 3.28. The van der Waals surface area contributed by atoms with Crippen LogP contribution in [0.3, 0.4) is 0 Å². The van der Waals surface area contributed by atoms with E-state index in [1.54, 1.807) is 12.4 Å². The summed E-state index contributed by atoms with van der Waals surface area (Å²) < 4.78 is 0. The molecule has 2 aromatic rings. The lowest BCUT2D eigenvalue weighted by molar-refractivity contribution is 0.768. The monoisotopic (exact) mass is 337 g/mol. The Morgan fingerprint density at radius 2 is 1.72 bits per heavy atom. The van der Waals surface area contributed by atoms with E-state index in [1.165, 1.54) is 0 Å². The molecule has 1 aliphatic heterocycles. The number of hydrogen-bond donors (Lipinski definition) is 0. The first-order valence-corrected chi connectivity index (χ1v) is 8.83. The number of hydrogen-bond acceptors (Lipinski definition) is 7. The summed E-state index contributed by atoms with van der Waals surface area (Å²) in [4.78, 5) is 13.0. The summed E-state index contributed by atoms with van der Waals surface area (Å²) in [6.45, 7) is 7.43. The Kier molecular flexibility index (Phi) is 5.39. The molecule has 0 aromatic carbocycles. The minimum Gasteiger partial charge on any atom is -0.352 e. The van der Waals surface area contributed by atoms with Crippen LogP contribution in [0.2, 0.25) is 0 Å². The van der Waals surface area contributed by atoms with Gasteiger partial charge < -0.3 is 9.80 Å². The van der Waals surface area contributed by atoms with Crippen LogP contribution in [-0.4, -0.2) is 46.3 Å². The van der Waals surface area contributed by atoms with Crippen molar-refractivity contribution in [3.05, 3.63) is 35.3 Å². The second-order valence-corrected chi connectivity index (χ2v) is 6.02. The highest BCUT2D eigenvalue weighted by molar-refractivity contribution is 5.58. The number of anilines is 2. The first-order valence-electron chi connectivity index (χ1n) is 8.83. The van der Waals surface area contributed by atoms with Gasteiger partial charge in [0.1, 0.15) is 11.6 Å². The highest BCUT2D eigenvalue weighted by atomic mass is 15.3. The van der Waals surface area contributed by atoms with Crippen LogP contribution in [0, 0.1) is 11.3 Å². The Balaban J connectivity index is 1.85. The van der Waals surface area contributed by atoms with Gasteiger partial charge in [0.15, 0.2) is 5.82 Å². The van der Waals surface area contributed by atoms with Crippen LogP contribution in [0.25, 0.3) is 0 Å². The van der Waals surface area contributed by atoms with E-state index in [9.17, 15) is 5.26 Å². The standard InChI is InChI=1S/C18H23N7/c1-3-14-15(13-19)17(23-22-16(14)4-2)24-9-6-10-25(12-11-24)18-20-7-5-8-21-18/h5,7-8H,3-4,6,9-12H2,1-2H3. The smallest absolute Gasteiger partial charge is 0.225 e. The van der Waals surface area contributed by atoms with Crippen LogP contribution in [-0.2, 0) is 12.8 Å². The normalized spacial score (nSPS) is 14.9. The Labute approximate surface area is 148 Å². The zero-order chi connectivity index (χ0) is 17.6. The third kappa shape index (κ3) is 3.53. The van der Waals surface area contributed by atoms with Gasteiger partial charge in [-0.15, -0.1) is 5.10 Å². The van der Waals surface area contributed by atoms with Crippen molar-refractivity contribution >= 4 is 11.8 Å². The summed E-state index contributed by atoms with van der Waals surface area (Å²) in [5.41, 5.74) is 2.64. The summed E-state index contributed by atoms with van der Waals surface area (Å²) in [5, 5.41) is 18.5. The third-order valence-electron chi connectivity index (χ3n) is 4.57. The summed E-state index contributed by atoms with van der Waals surface area (Å²) >= 11 is 0. The lowest BCUT2D eigenvalue weighted by Crippen LogP contribution is -2.32. The Morgan fingerprint density at radius 1 is 1.00 bits per heavy atom. The molecule has 7 heteroatoms. The fraction of sp³-hybridized carbons (Fsp3) is 0.500. The lowest BCUT2D eigenvalue weighted by atomic mass is 10.0. The molecular formula is C18H23N7. The molecule has 1 fully saturated rings. The van der Waals surface area contributed by atoms with E-state index in [2.05, 4.69) is 43.0 Å². The maximum Gasteiger partial charge on any atom is 0.225 e. The van der Waals surface area contributed by atoms with Crippen molar-refractivity contribution in [1.29, 1.82) is 5.26 Å². The maximum absolute atomic E-state index is 9.71. The van der Waals surface area contributed by atoms with Crippen LogP contribution >= 0.6 is 0 Å². The number of aromatic nitrogens is 4. The van der Waals surface area contributed by atoms with Crippen LogP contribution < -0.4 is 9.80 Å². The molecular weight excluding hydrogens is 314 g/mol. The minimum absolute atomic E-state index is 0.679. The number of rotatable bonds is 4. The van der Waals surface area contributed by atoms with Crippen molar-refractivity contribution in [3.63, 3.8) is 0 Å². The topological polar surface area (TPSA) is 81.8 Å². The second kappa shape index (κ2) is 7.88. The maximum atomic E-state index is 9.71. The molecule has 0 amide bonds. The summed E-state index contributed by atoms with van der Waals surface area (Å²) in [6, 6.07) is 4.19. The van der Waals surface area contributed by atoms with Crippen molar-refractivity contribution < 1.29 is 0 Å². The van der Waals surface area contributed by atoms with E-state index in [1.807, 2.05) is 13.0 Å². The van der Waals surface area contributed by atoms with E-state index < -0.39 is 0 Å². The van der Waals surface area contributed by atoms with E-state index in [4.69, 9.17) is 0 Å². The van der Waals surface area contributed by atoms with Crippen molar-refractivity contribution in [2.24, 2.45) is 0 Å². The van der Waals surface area contributed by atoms with E-state index in [-0.39, 0.29) is 0 Å². The largest absolute Gasteiger partial charge is 0.352 e. The zero-order valence-electron chi connectivity index (χ0n) is 14.8. The molecule has 0 radical (unpaired) electrons. The molecule has 0 spiro atoms. The molecule has 0 atom stereocenters. The summed E-state index contributed by atoms with van der Waals surface area (Å²) in [6.07, 6.45) is 6.08. The molecule has 1 saturated heterocycles. The van der Waals surface area contributed by atoms with Gasteiger partial charge in [-0.25, -0.2) is 9.97 Å². The Hall–Kier alpha value is -2.75. The SMILES string of the molecule is CCc1nnc(N2CCCN(c3ncccn3)CC2)c(C#N)c1CC. The Bertz CT molecular complexity index is 754. The van der Waals surface area contributed by atoms with E-state index in [0.29, 0.717) is 11.4 Å². The van der Waals surface area contributed by atoms with Gasteiger partial charge in [-0.2, -0.15) is 10.4 Å². The number of aryl methyl sites for hydroxylation is 1. The highest BCUT2D eigenvalue weighted by Gasteiger charge is 2.22. The predicted molar refractivity (Wildman–Crippen MR) is 96.6 cm³/mol. The molecule has 7 nitrogen and oxygen atoms in total. The molecule has 1 aliphatic rings. The van der Waals surface area contributed by atoms with Gasteiger partial charge in [0.05, 0.1) is 5.69 Å². The van der Waals surface area contributed by atoms with Crippen molar-refractivity contribution in [3.8, 4) is 6.07 Å². The van der Waals surface area contributed by atoms with E-state index >= 15 is 0 Å². The first kappa shape index (κ1) is 17.1. The van der Waals surface area contributed by atoms with Crippen molar-refractivity contribution in [2.45, 2.75) is 33.1 Å². The molecule has 0 N–H and O–H groups in total. The van der Waals surface area contributed by atoms with Crippen molar-refractivity contribution in [2.75, 3.05) is 36.0 Å². The molecule has 0 bridgehead atoms. The highest BCUT2D eigenvalue weighted by Crippen LogP contribution is 2.24. The predicted octanol–water partition coefficient (Wildman–Crippen LogP) is 1.98. The van der Waals surface area contributed by atoms with E-state index in [0.717, 1.165) is 62.6 Å². The molecule has 2 aromatic heterocycles. The van der Waals surface area contributed by atoms with Crippen molar-refractivity contribution in [1.82, 2.24) is 20.2 Å². The fourth-order valence-corrected chi connectivity index (χ4v) is 3.28. The van der Waals surface area contributed by atoms with Crippen LogP contribution in [0.5, 0.6) is 0 Å². The molecule has 25 heavy (non-hydrogen) atoms. The van der Waals surface area contributed by atoms with Gasteiger partial charge >= 0.3 is 0 Å². The minimum atomic E-state index is 0.679. The third-order valence-corrected chi connectivity index (χ3v) is 4.57. The Morgan fingerprint density at radius 3 is 2.40 bits per heavy atom. The number of nitrogens with zero attached hydrogens (tertiary/aromatic N) is 7. The average molecular weight is 337 g/mol. The second-order valence-electron chi connectivity index (χ2n) is 6.02. The molecule has 0 saturated carbocycles. The van der Waals surface area contributed by atoms with Gasteiger partial charge in [0, 0.05) is 38.6 Å². The summed E-state index contributed by atoms with van der Waals surface area (Å²) in [5.74, 6) is 1.47. The van der Waals surface area contributed by atoms with Gasteiger partial charge in [-0.05, 0) is 30.9 Å². The molecule has 3 rings (SSSR count). The summed E-state index contributed by atoms with van der Waals surface area (Å²) in [7, 11) is 0. The van der Waals surface area contributed by atoms with Gasteiger partial charge in [0.2, 0.25) is 5.95 Å². The lowest BCUT2D eigenvalue weighted by Gasteiger charge is -2.24. The molecule has 0 aliphatic carbocycles. The molecule has 130 valence electrons.